The molecule has 0 atom stereocenters. The van der Waals surface area contributed by atoms with Crippen LogP contribution in [0.5, 0.6) is 0 Å². The van der Waals surface area contributed by atoms with Crippen LogP contribution in [0.1, 0.15) is 0 Å². The number of nitrogens with one attached hydrogen (secondary N) is 1. The zero-order valence-electron chi connectivity index (χ0n) is 26.0. The molecule has 0 aliphatic heterocycles. The largest absolute Gasteiger partial charge is 0.309 e. The van der Waals surface area contributed by atoms with Gasteiger partial charge >= 0.3 is 0 Å². The minimum atomic E-state index is 0.951. The third-order valence-electron chi connectivity index (χ3n) is 8.56. The number of hydrogen-bond donors (Lipinski definition) is 1. The predicted octanol–water partition coefficient (Wildman–Crippen LogP) is 11.8. The minimum absolute atomic E-state index is 0.951. The van der Waals surface area contributed by atoms with Crippen molar-refractivity contribution < 1.29 is 0 Å². The van der Waals surface area contributed by atoms with Crippen molar-refractivity contribution in [1.82, 2.24) is 14.5 Å². The van der Waals surface area contributed by atoms with E-state index in [2.05, 4.69) is 145 Å². The first kappa shape index (κ1) is 29.2. The van der Waals surface area contributed by atoms with E-state index in [0.29, 0.717) is 0 Å². The Balaban J connectivity index is 0.000000799. The highest BCUT2D eigenvalue weighted by atomic mass is 32.1. The predicted molar refractivity (Wildman–Crippen MR) is 205 cm³/mol. The van der Waals surface area contributed by atoms with Gasteiger partial charge in [0.15, 0.2) is 0 Å². The Bertz CT molecular complexity index is 2520. The summed E-state index contributed by atoms with van der Waals surface area (Å²) in [5.74, 6) is 0. The van der Waals surface area contributed by atoms with Crippen LogP contribution < -0.4 is 0 Å². The smallest absolute Gasteiger partial charge is 0.0963 e. The van der Waals surface area contributed by atoms with E-state index < -0.39 is 0 Å². The van der Waals surface area contributed by atoms with Crippen LogP contribution in [-0.4, -0.2) is 20.7 Å². The highest BCUT2D eigenvalue weighted by Gasteiger charge is 2.19. The van der Waals surface area contributed by atoms with Gasteiger partial charge in [-0.15, -0.1) is 11.3 Å². The third-order valence-corrected chi connectivity index (χ3v) is 9.70. The lowest BCUT2D eigenvalue weighted by Crippen LogP contribution is -1.95. The molecule has 0 aliphatic rings. The molecule has 0 bridgehead atoms. The second-order valence-electron chi connectivity index (χ2n) is 11.4. The molecule has 4 nitrogen and oxygen atoms in total. The van der Waals surface area contributed by atoms with Crippen molar-refractivity contribution in [3.63, 3.8) is 0 Å². The molecule has 4 heterocycles. The number of benzene rings is 5. The van der Waals surface area contributed by atoms with E-state index in [9.17, 15) is 0 Å². The van der Waals surface area contributed by atoms with Crippen molar-refractivity contribution in [1.29, 1.82) is 5.41 Å². The molecule has 0 saturated heterocycles. The van der Waals surface area contributed by atoms with Gasteiger partial charge < -0.3 is 9.98 Å². The maximum atomic E-state index is 6.21. The van der Waals surface area contributed by atoms with Gasteiger partial charge in [-0.2, -0.15) is 0 Å². The number of allylic oxidation sites excluding steroid dienone is 1. The first-order valence-electron chi connectivity index (χ1n) is 15.8. The van der Waals surface area contributed by atoms with Gasteiger partial charge in [0.25, 0.3) is 0 Å². The Morgan fingerprint density at radius 2 is 1.25 bits per heavy atom. The quantitative estimate of drug-likeness (QED) is 0.192. The van der Waals surface area contributed by atoms with Crippen molar-refractivity contribution in [2.24, 2.45) is 0 Å². The van der Waals surface area contributed by atoms with E-state index in [1.807, 2.05) is 29.7 Å². The van der Waals surface area contributed by atoms with E-state index in [0.717, 1.165) is 51.0 Å². The van der Waals surface area contributed by atoms with Gasteiger partial charge in [-0.25, -0.2) is 4.98 Å². The third kappa shape index (κ3) is 5.16. The zero-order chi connectivity index (χ0) is 32.5. The average molecular weight is 635 g/mol. The summed E-state index contributed by atoms with van der Waals surface area (Å²) in [6.07, 6.45) is 4.45. The van der Waals surface area contributed by atoms with E-state index in [-0.39, 0.29) is 0 Å². The number of aromatic nitrogens is 3. The van der Waals surface area contributed by atoms with Crippen molar-refractivity contribution >= 4 is 59.7 Å². The lowest BCUT2D eigenvalue weighted by Gasteiger charge is -2.12. The lowest BCUT2D eigenvalue weighted by atomic mass is 10.00. The Hall–Kier alpha value is -6.17. The van der Waals surface area contributed by atoms with Crippen LogP contribution in [0.2, 0.25) is 0 Å². The van der Waals surface area contributed by atoms with Crippen LogP contribution in [-0.2, 0) is 0 Å². The van der Waals surface area contributed by atoms with Crippen molar-refractivity contribution in [2.45, 2.75) is 0 Å². The van der Waals surface area contributed by atoms with Gasteiger partial charge in [0, 0.05) is 54.8 Å². The molecule has 4 aromatic heterocycles. The number of thiophene rings is 1. The molecule has 0 unspecified atom stereocenters. The summed E-state index contributed by atoms with van der Waals surface area (Å²) in [5, 5.41) is 9.95. The van der Waals surface area contributed by atoms with Crippen LogP contribution >= 0.6 is 11.3 Å². The maximum absolute atomic E-state index is 6.21. The number of hydrogen-bond acceptors (Lipinski definition) is 4. The summed E-state index contributed by atoms with van der Waals surface area (Å²) in [6, 6.07) is 51.5. The number of nitrogens with zero attached hydrogens (tertiary/aromatic N) is 3. The average Bonchev–Trinajstić information content (AvgIpc) is 3.71. The molecule has 5 aromatic carbocycles. The fourth-order valence-electron chi connectivity index (χ4n) is 6.41. The molecule has 0 amide bonds. The molecule has 1 N–H and O–H groups in total. The molecule has 228 valence electrons. The molecular weight excluding hydrogens is 605 g/mol. The highest BCUT2D eigenvalue weighted by Crippen LogP contribution is 2.42. The topological polar surface area (TPSA) is 54.6 Å². The standard InChI is InChI=1S/C40H25N3S.C3H5N/c1-3-10-26(11-4-1)29-24-33(27-12-5-2-6-13-27)42-34(25-29)28-17-19-30(20-18-28)43-35-15-9-23-41-39(35)32-21-22-37-38(40(32)43)31-14-7-8-16-36(31)44-37;1-2-3-4/h1-25H;2-4H,1H2. The first-order chi connectivity index (χ1) is 23.7. The molecule has 48 heavy (non-hydrogen) atoms. The molecule has 5 heteroatoms. The fraction of sp³-hybridized carbons (Fsp3) is 0. The van der Waals surface area contributed by atoms with Crippen molar-refractivity contribution in [3.05, 3.63) is 164 Å². The fourth-order valence-corrected chi connectivity index (χ4v) is 7.52. The summed E-state index contributed by atoms with van der Waals surface area (Å²) in [4.78, 5) is 9.99. The van der Waals surface area contributed by atoms with Crippen LogP contribution in [0.25, 0.3) is 81.4 Å². The number of pyridine rings is 2. The molecule has 9 rings (SSSR count). The SMILES string of the molecule is C=CC=N.c1ccc(-c2cc(-c3ccccc3)nc(-c3ccc(-n4c5cccnc5c5ccc6sc7ccccc7c6c54)cc3)c2)cc1. The van der Waals surface area contributed by atoms with Gasteiger partial charge in [0.1, 0.15) is 0 Å². The van der Waals surface area contributed by atoms with Crippen LogP contribution in [0.3, 0.4) is 0 Å². The van der Waals surface area contributed by atoms with Gasteiger partial charge in [-0.3, -0.25) is 4.98 Å². The Labute approximate surface area is 282 Å². The summed E-state index contributed by atoms with van der Waals surface area (Å²) in [7, 11) is 0. The molecule has 0 fully saturated rings. The normalized spacial score (nSPS) is 11.1. The minimum Gasteiger partial charge on any atom is -0.309 e. The van der Waals surface area contributed by atoms with Crippen molar-refractivity contribution in [3.8, 4) is 39.3 Å². The van der Waals surface area contributed by atoms with Gasteiger partial charge in [0.2, 0.25) is 0 Å². The summed E-state index contributed by atoms with van der Waals surface area (Å²) < 4.78 is 4.97. The van der Waals surface area contributed by atoms with Gasteiger partial charge in [-0.05, 0) is 65.7 Å². The molecule has 0 radical (unpaired) electrons. The van der Waals surface area contributed by atoms with Crippen LogP contribution in [0.4, 0.5) is 0 Å². The van der Waals surface area contributed by atoms with Crippen LogP contribution in [0.15, 0.2) is 164 Å². The first-order valence-corrected chi connectivity index (χ1v) is 16.6. The second kappa shape index (κ2) is 12.6. The van der Waals surface area contributed by atoms with Gasteiger partial charge in [-0.1, -0.05) is 104 Å². The molecule has 0 spiro atoms. The monoisotopic (exact) mass is 634 g/mol. The Kier molecular flexibility index (Phi) is 7.65. The molecule has 0 saturated carbocycles. The highest BCUT2D eigenvalue weighted by molar-refractivity contribution is 7.26. The summed E-state index contributed by atoms with van der Waals surface area (Å²) >= 11 is 1.85. The van der Waals surface area contributed by atoms with Crippen LogP contribution in [0, 0.1) is 5.41 Å². The number of rotatable bonds is 5. The number of fused-ring (bicyclic) bond motifs is 7. The van der Waals surface area contributed by atoms with E-state index in [1.165, 1.54) is 42.7 Å². The lowest BCUT2D eigenvalue weighted by molar-refractivity contribution is 1.18. The van der Waals surface area contributed by atoms with E-state index >= 15 is 0 Å². The molecule has 0 aliphatic carbocycles. The molecular formula is C43H30N4S. The Morgan fingerprint density at radius 1 is 0.604 bits per heavy atom. The maximum Gasteiger partial charge on any atom is 0.0963 e. The zero-order valence-corrected chi connectivity index (χ0v) is 26.9. The Morgan fingerprint density at radius 3 is 1.96 bits per heavy atom. The van der Waals surface area contributed by atoms with Crippen molar-refractivity contribution in [2.75, 3.05) is 0 Å². The summed E-state index contributed by atoms with van der Waals surface area (Å²) in [5.41, 5.74) is 10.9. The van der Waals surface area contributed by atoms with Gasteiger partial charge in [0.05, 0.1) is 27.9 Å². The van der Waals surface area contributed by atoms with E-state index in [1.54, 1.807) is 0 Å². The summed E-state index contributed by atoms with van der Waals surface area (Å²) in [6.45, 7) is 3.24. The molecule has 9 aromatic rings. The van der Waals surface area contributed by atoms with E-state index in [4.69, 9.17) is 15.4 Å². The second-order valence-corrected chi connectivity index (χ2v) is 12.5.